The Bertz CT molecular complexity index is 388. The van der Waals surface area contributed by atoms with Gasteiger partial charge in [0.2, 0.25) is 0 Å². The highest BCUT2D eigenvalue weighted by molar-refractivity contribution is 9.10. The van der Waals surface area contributed by atoms with E-state index >= 15 is 0 Å². The lowest BCUT2D eigenvalue weighted by Gasteiger charge is -2.13. The Hall–Kier alpha value is -0.900. The van der Waals surface area contributed by atoms with E-state index in [9.17, 15) is 8.78 Å². The number of halogens is 3. The van der Waals surface area contributed by atoms with Gasteiger partial charge in [-0.25, -0.2) is 8.78 Å². The third-order valence-electron chi connectivity index (χ3n) is 1.81. The van der Waals surface area contributed by atoms with E-state index in [-0.39, 0.29) is 10.2 Å². The average Bonchev–Trinajstić information content (AvgIpc) is 2.15. The van der Waals surface area contributed by atoms with Gasteiger partial charge in [0.05, 0.1) is 10.7 Å². The highest BCUT2D eigenvalue weighted by Crippen LogP contribution is 2.33. The van der Waals surface area contributed by atoms with Crippen LogP contribution >= 0.6 is 15.9 Å². The van der Waals surface area contributed by atoms with Crippen LogP contribution in [0.5, 0.6) is 5.75 Å². The third-order valence-corrected chi connectivity index (χ3v) is 2.54. The zero-order valence-electron chi connectivity index (χ0n) is 6.48. The van der Waals surface area contributed by atoms with Crippen LogP contribution in [0.25, 0.3) is 0 Å². The van der Waals surface area contributed by atoms with Crippen LogP contribution in [0, 0.1) is 11.6 Å². The molecule has 0 spiro atoms. The fourth-order valence-electron chi connectivity index (χ4n) is 1.20. The molecule has 68 valence electrons. The van der Waals surface area contributed by atoms with Gasteiger partial charge in [-0.15, -0.1) is 0 Å². The highest BCUT2D eigenvalue weighted by Gasteiger charge is 2.18. The number of rotatable bonds is 0. The van der Waals surface area contributed by atoms with Crippen molar-refractivity contribution in [2.24, 2.45) is 0 Å². The van der Waals surface area contributed by atoms with E-state index in [0.29, 0.717) is 12.0 Å². The molecule has 0 N–H and O–H groups in total. The molecule has 1 aliphatic heterocycles. The molecule has 0 amide bonds. The topological polar surface area (TPSA) is 9.23 Å². The van der Waals surface area contributed by atoms with Crippen LogP contribution in [-0.4, -0.2) is 0 Å². The quantitative estimate of drug-likeness (QED) is 0.640. The van der Waals surface area contributed by atoms with Crippen LogP contribution in [0.4, 0.5) is 8.78 Å². The standard InChI is InChI=1S/C9H5BrF2O/c10-7-6(11)4-5-2-1-3-13-9(5)8(7)12/h1,3-4H,2H2. The molecule has 1 aromatic carbocycles. The minimum atomic E-state index is -0.681. The fourth-order valence-corrected chi connectivity index (χ4v) is 1.49. The summed E-state index contributed by atoms with van der Waals surface area (Å²) in [6, 6.07) is 1.27. The first-order valence-electron chi connectivity index (χ1n) is 3.68. The van der Waals surface area contributed by atoms with Crippen molar-refractivity contribution in [2.75, 3.05) is 0 Å². The molecular formula is C9H5BrF2O. The Morgan fingerprint density at radius 1 is 1.38 bits per heavy atom. The molecule has 4 heteroatoms. The van der Waals surface area contributed by atoms with Crippen LogP contribution < -0.4 is 4.74 Å². The fraction of sp³-hybridized carbons (Fsp3) is 0.111. The normalized spacial score (nSPS) is 13.8. The molecule has 0 aromatic heterocycles. The molecule has 1 aliphatic rings. The maximum absolute atomic E-state index is 13.3. The first kappa shape index (κ1) is 8.69. The van der Waals surface area contributed by atoms with Crippen molar-refractivity contribution in [3.63, 3.8) is 0 Å². The summed E-state index contributed by atoms with van der Waals surface area (Å²) in [6.07, 6.45) is 3.60. The second kappa shape index (κ2) is 3.10. The lowest BCUT2D eigenvalue weighted by molar-refractivity contribution is 0.419. The summed E-state index contributed by atoms with van der Waals surface area (Å²) in [5, 5.41) is 0. The molecule has 0 saturated carbocycles. The van der Waals surface area contributed by atoms with E-state index in [2.05, 4.69) is 15.9 Å². The molecule has 1 heterocycles. The lowest BCUT2D eigenvalue weighted by Crippen LogP contribution is -2.01. The van der Waals surface area contributed by atoms with E-state index < -0.39 is 11.6 Å². The Morgan fingerprint density at radius 2 is 2.15 bits per heavy atom. The molecule has 0 atom stereocenters. The number of hydrogen-bond acceptors (Lipinski definition) is 1. The van der Waals surface area contributed by atoms with Crippen molar-refractivity contribution in [3.05, 3.63) is 40.1 Å². The van der Waals surface area contributed by atoms with Crippen molar-refractivity contribution in [3.8, 4) is 5.75 Å². The maximum atomic E-state index is 13.3. The van der Waals surface area contributed by atoms with Gasteiger partial charge >= 0.3 is 0 Å². The molecule has 2 rings (SSSR count). The van der Waals surface area contributed by atoms with Gasteiger partial charge in [-0.3, -0.25) is 0 Å². The van der Waals surface area contributed by atoms with Gasteiger partial charge in [0.15, 0.2) is 11.6 Å². The monoisotopic (exact) mass is 246 g/mol. The minimum absolute atomic E-state index is 0.107. The Kier molecular flexibility index (Phi) is 2.07. The summed E-state index contributed by atoms with van der Waals surface area (Å²) in [7, 11) is 0. The number of hydrogen-bond donors (Lipinski definition) is 0. The molecular weight excluding hydrogens is 242 g/mol. The molecule has 1 nitrogen and oxygen atoms in total. The van der Waals surface area contributed by atoms with Gasteiger partial charge in [-0.05, 0) is 34.5 Å². The Labute approximate surface area is 82.1 Å². The van der Waals surface area contributed by atoms with Gasteiger partial charge in [-0.1, -0.05) is 0 Å². The lowest BCUT2D eigenvalue weighted by atomic mass is 10.1. The smallest absolute Gasteiger partial charge is 0.183 e. The molecule has 0 unspecified atom stereocenters. The van der Waals surface area contributed by atoms with Crippen LogP contribution in [-0.2, 0) is 6.42 Å². The minimum Gasteiger partial charge on any atom is -0.462 e. The molecule has 0 saturated heterocycles. The van der Waals surface area contributed by atoms with Crippen molar-refractivity contribution in [1.29, 1.82) is 0 Å². The summed E-state index contributed by atoms with van der Waals surface area (Å²) >= 11 is 2.80. The van der Waals surface area contributed by atoms with Gasteiger partial charge < -0.3 is 4.74 Å². The molecule has 0 aliphatic carbocycles. The van der Waals surface area contributed by atoms with Gasteiger partial charge in [-0.2, -0.15) is 0 Å². The number of fused-ring (bicyclic) bond motifs is 1. The van der Waals surface area contributed by atoms with Gasteiger partial charge in [0.1, 0.15) is 5.82 Å². The second-order valence-electron chi connectivity index (χ2n) is 2.67. The highest BCUT2D eigenvalue weighted by atomic mass is 79.9. The number of benzene rings is 1. The predicted molar refractivity (Wildman–Crippen MR) is 47.5 cm³/mol. The van der Waals surface area contributed by atoms with Crippen LogP contribution in [0.1, 0.15) is 5.56 Å². The largest absolute Gasteiger partial charge is 0.462 e. The van der Waals surface area contributed by atoms with Crippen molar-refractivity contribution >= 4 is 15.9 Å². The van der Waals surface area contributed by atoms with Crippen molar-refractivity contribution < 1.29 is 13.5 Å². The zero-order chi connectivity index (χ0) is 9.42. The summed E-state index contributed by atoms with van der Waals surface area (Å²) in [4.78, 5) is 0. The van der Waals surface area contributed by atoms with E-state index in [1.165, 1.54) is 12.3 Å². The van der Waals surface area contributed by atoms with E-state index in [1.807, 2.05) is 0 Å². The third kappa shape index (κ3) is 1.35. The Balaban J connectivity index is 2.64. The molecule has 0 fully saturated rings. The summed E-state index contributed by atoms with van der Waals surface area (Å²) in [5.41, 5.74) is 0.528. The summed E-state index contributed by atoms with van der Waals surface area (Å²) in [6.45, 7) is 0. The molecule has 1 aromatic rings. The van der Waals surface area contributed by atoms with Gasteiger partial charge in [0.25, 0.3) is 0 Å². The number of allylic oxidation sites excluding steroid dienone is 1. The average molecular weight is 247 g/mol. The van der Waals surface area contributed by atoms with Crippen LogP contribution in [0.2, 0.25) is 0 Å². The second-order valence-corrected chi connectivity index (χ2v) is 3.46. The maximum Gasteiger partial charge on any atom is 0.183 e. The predicted octanol–water partition coefficient (Wildman–Crippen LogP) is 3.18. The van der Waals surface area contributed by atoms with E-state index in [1.54, 1.807) is 6.08 Å². The molecule has 0 radical (unpaired) electrons. The van der Waals surface area contributed by atoms with Crippen LogP contribution in [0.3, 0.4) is 0 Å². The van der Waals surface area contributed by atoms with E-state index in [0.717, 1.165) is 0 Å². The van der Waals surface area contributed by atoms with E-state index in [4.69, 9.17) is 4.74 Å². The SMILES string of the molecule is Fc1cc2c(c(F)c1Br)OC=CC2. The van der Waals surface area contributed by atoms with Crippen molar-refractivity contribution in [2.45, 2.75) is 6.42 Å². The van der Waals surface area contributed by atoms with Crippen molar-refractivity contribution in [1.82, 2.24) is 0 Å². The summed E-state index contributed by atoms with van der Waals surface area (Å²) in [5.74, 6) is -1.18. The zero-order valence-corrected chi connectivity index (χ0v) is 8.07. The van der Waals surface area contributed by atoms with Crippen LogP contribution in [0.15, 0.2) is 22.9 Å². The molecule has 0 bridgehead atoms. The van der Waals surface area contributed by atoms with Gasteiger partial charge in [0, 0.05) is 5.56 Å². The first-order valence-corrected chi connectivity index (χ1v) is 4.47. The first-order chi connectivity index (χ1) is 6.20. The Morgan fingerprint density at radius 3 is 2.92 bits per heavy atom. The summed E-state index contributed by atoms with van der Waals surface area (Å²) < 4.78 is 31.1. The molecule has 13 heavy (non-hydrogen) atoms. The number of ether oxygens (including phenoxy) is 1.